The van der Waals surface area contributed by atoms with Crippen LogP contribution in [0.2, 0.25) is 0 Å². The lowest BCUT2D eigenvalue weighted by Gasteiger charge is -2.32. The number of rotatable bonds is 6. The summed E-state index contributed by atoms with van der Waals surface area (Å²) in [6.45, 7) is 4.61. The molecular weight excluding hydrogens is 416 g/mol. The van der Waals surface area contributed by atoms with E-state index in [0.29, 0.717) is 5.92 Å². The molecule has 172 valence electrons. The molecule has 0 aromatic heterocycles. The molecule has 1 saturated carbocycles. The van der Waals surface area contributed by atoms with Crippen LogP contribution in [-0.2, 0) is 6.42 Å². The maximum atomic E-state index is 13.8. The fraction of sp³-hybridized carbons (Fsp3) is 0.481. The fourth-order valence-corrected chi connectivity index (χ4v) is 4.65. The first kappa shape index (κ1) is 24.2. The second-order valence-electron chi connectivity index (χ2n) is 8.89. The number of hydrogen-bond acceptors (Lipinski definition) is 1. The van der Waals surface area contributed by atoms with Gasteiger partial charge in [-0.3, -0.25) is 0 Å². The lowest BCUT2D eigenvalue weighted by molar-refractivity contribution is -0.275. The number of hydrogen-bond donors (Lipinski definition) is 0. The summed E-state index contributed by atoms with van der Waals surface area (Å²) in [6.07, 6.45) is 4.15. The second kappa shape index (κ2) is 10.9. The zero-order valence-corrected chi connectivity index (χ0v) is 18.6. The third kappa shape index (κ3) is 7.29. The minimum atomic E-state index is -4.93. The van der Waals surface area contributed by atoms with Crippen LogP contribution in [0, 0.1) is 35.4 Å². The molecule has 0 heterocycles. The maximum Gasteiger partial charge on any atom is 0.573 e. The molecule has 0 N–H and O–H groups in total. The van der Waals surface area contributed by atoms with E-state index in [2.05, 4.69) is 42.6 Å². The van der Waals surface area contributed by atoms with Gasteiger partial charge in [0.2, 0.25) is 0 Å². The molecule has 1 unspecified atom stereocenters. The number of ether oxygens (including phenoxy) is 1. The Balaban J connectivity index is 1.55. The Labute approximate surface area is 188 Å². The largest absolute Gasteiger partial charge is 0.573 e. The Morgan fingerprint density at radius 2 is 1.59 bits per heavy atom. The SMILES string of the molecule is CCCC1CCC(C(C)Cc2ccc(C#Cc3ccc(OC(F)(F)F)c(F)c3)cc2)CC1. The fourth-order valence-electron chi connectivity index (χ4n) is 4.65. The minimum absolute atomic E-state index is 0.286. The van der Waals surface area contributed by atoms with Crippen molar-refractivity contribution in [2.75, 3.05) is 0 Å². The van der Waals surface area contributed by atoms with E-state index in [1.165, 1.54) is 50.2 Å². The van der Waals surface area contributed by atoms with Gasteiger partial charge in [0.1, 0.15) is 0 Å². The Kier molecular flexibility index (Phi) is 8.23. The molecule has 0 amide bonds. The summed E-state index contributed by atoms with van der Waals surface area (Å²) in [4.78, 5) is 0. The van der Waals surface area contributed by atoms with Crippen LogP contribution in [0.4, 0.5) is 17.6 Å². The molecule has 0 spiro atoms. The Morgan fingerprint density at radius 3 is 2.19 bits per heavy atom. The lowest BCUT2D eigenvalue weighted by Crippen LogP contribution is -2.21. The van der Waals surface area contributed by atoms with Gasteiger partial charge in [-0.25, -0.2) is 4.39 Å². The quantitative estimate of drug-likeness (QED) is 0.324. The molecule has 1 aliphatic carbocycles. The van der Waals surface area contributed by atoms with E-state index in [1.807, 2.05) is 12.1 Å². The summed E-state index contributed by atoms with van der Waals surface area (Å²) in [5.41, 5.74) is 2.34. The van der Waals surface area contributed by atoms with Crippen LogP contribution < -0.4 is 4.74 Å². The van der Waals surface area contributed by atoms with Crippen molar-refractivity contribution >= 4 is 0 Å². The molecule has 0 aliphatic heterocycles. The van der Waals surface area contributed by atoms with Gasteiger partial charge in [0.05, 0.1) is 0 Å². The van der Waals surface area contributed by atoms with Crippen molar-refractivity contribution in [2.45, 2.75) is 65.2 Å². The van der Waals surface area contributed by atoms with Crippen LogP contribution in [0.15, 0.2) is 42.5 Å². The smallest absolute Gasteiger partial charge is 0.403 e. The average Bonchev–Trinajstić information content (AvgIpc) is 2.75. The third-order valence-electron chi connectivity index (χ3n) is 6.41. The van der Waals surface area contributed by atoms with Gasteiger partial charge < -0.3 is 4.74 Å². The molecule has 0 radical (unpaired) electrons. The van der Waals surface area contributed by atoms with E-state index in [-0.39, 0.29) is 5.56 Å². The second-order valence-corrected chi connectivity index (χ2v) is 8.89. The highest BCUT2D eigenvalue weighted by atomic mass is 19.4. The van der Waals surface area contributed by atoms with Gasteiger partial charge in [-0.15, -0.1) is 13.2 Å². The number of benzene rings is 2. The summed E-state index contributed by atoms with van der Waals surface area (Å²) < 4.78 is 54.1. The molecule has 1 nitrogen and oxygen atoms in total. The molecule has 32 heavy (non-hydrogen) atoms. The summed E-state index contributed by atoms with van der Waals surface area (Å²) >= 11 is 0. The molecule has 1 aliphatic rings. The highest BCUT2D eigenvalue weighted by Crippen LogP contribution is 2.36. The Bertz CT molecular complexity index is 929. The zero-order valence-electron chi connectivity index (χ0n) is 18.6. The van der Waals surface area contributed by atoms with Gasteiger partial charge in [-0.1, -0.05) is 63.5 Å². The molecule has 2 aromatic carbocycles. The molecule has 1 atom stereocenters. The van der Waals surface area contributed by atoms with Crippen molar-refractivity contribution in [1.29, 1.82) is 0 Å². The van der Waals surface area contributed by atoms with Crippen LogP contribution >= 0.6 is 0 Å². The highest BCUT2D eigenvalue weighted by Gasteiger charge is 2.32. The van der Waals surface area contributed by atoms with E-state index in [9.17, 15) is 17.6 Å². The summed E-state index contributed by atoms with van der Waals surface area (Å²) in [5.74, 6) is 6.13. The van der Waals surface area contributed by atoms with Crippen LogP contribution in [0.1, 0.15) is 69.1 Å². The van der Waals surface area contributed by atoms with E-state index in [1.54, 1.807) is 0 Å². The maximum absolute atomic E-state index is 13.8. The van der Waals surface area contributed by atoms with Gasteiger partial charge in [0.25, 0.3) is 0 Å². The van der Waals surface area contributed by atoms with E-state index >= 15 is 0 Å². The molecule has 0 saturated heterocycles. The van der Waals surface area contributed by atoms with Crippen LogP contribution in [0.3, 0.4) is 0 Å². The predicted octanol–water partition coefficient (Wildman–Crippen LogP) is 7.91. The van der Waals surface area contributed by atoms with E-state index < -0.39 is 17.9 Å². The number of alkyl halides is 3. The standard InChI is InChI=1S/C27H30F4O/c1-3-4-20-11-14-24(15-12-20)19(2)17-22-8-5-21(6-9-22)7-10-23-13-16-26(25(28)18-23)32-27(29,30)31/h5-6,8-9,13,16,18-20,24H,3-4,11-12,14-15,17H2,1-2H3. The topological polar surface area (TPSA) is 9.23 Å². The van der Waals surface area contributed by atoms with Crippen molar-refractivity contribution in [3.8, 4) is 17.6 Å². The lowest BCUT2D eigenvalue weighted by atomic mass is 9.74. The first-order chi connectivity index (χ1) is 15.2. The molecule has 5 heteroatoms. The van der Waals surface area contributed by atoms with Gasteiger partial charge in [0.15, 0.2) is 11.6 Å². The molecule has 1 fully saturated rings. The van der Waals surface area contributed by atoms with E-state index in [4.69, 9.17) is 0 Å². The van der Waals surface area contributed by atoms with Crippen molar-refractivity contribution in [1.82, 2.24) is 0 Å². The van der Waals surface area contributed by atoms with Crippen molar-refractivity contribution in [3.05, 3.63) is 65.0 Å². The van der Waals surface area contributed by atoms with Crippen molar-refractivity contribution in [3.63, 3.8) is 0 Å². The van der Waals surface area contributed by atoms with Gasteiger partial charge >= 0.3 is 6.36 Å². The van der Waals surface area contributed by atoms with Gasteiger partial charge in [-0.2, -0.15) is 0 Å². The Morgan fingerprint density at radius 1 is 0.969 bits per heavy atom. The van der Waals surface area contributed by atoms with Gasteiger partial charge in [-0.05, 0) is 72.9 Å². The van der Waals surface area contributed by atoms with Crippen LogP contribution in [0.25, 0.3) is 0 Å². The monoisotopic (exact) mass is 446 g/mol. The van der Waals surface area contributed by atoms with Crippen molar-refractivity contribution < 1.29 is 22.3 Å². The average molecular weight is 447 g/mol. The minimum Gasteiger partial charge on any atom is -0.403 e. The van der Waals surface area contributed by atoms with Gasteiger partial charge in [0, 0.05) is 11.1 Å². The van der Waals surface area contributed by atoms with Crippen LogP contribution in [0.5, 0.6) is 5.75 Å². The first-order valence-corrected chi connectivity index (χ1v) is 11.4. The molecule has 3 rings (SSSR count). The predicted molar refractivity (Wildman–Crippen MR) is 119 cm³/mol. The number of halogens is 4. The molecule has 2 aromatic rings. The van der Waals surface area contributed by atoms with Crippen molar-refractivity contribution in [2.24, 2.45) is 17.8 Å². The summed E-state index contributed by atoms with van der Waals surface area (Å²) in [5, 5.41) is 0. The summed E-state index contributed by atoms with van der Waals surface area (Å²) in [7, 11) is 0. The normalized spacial score (nSPS) is 19.7. The summed E-state index contributed by atoms with van der Waals surface area (Å²) in [6, 6.07) is 11.2. The van der Waals surface area contributed by atoms with E-state index in [0.717, 1.165) is 36.0 Å². The van der Waals surface area contributed by atoms with Crippen LogP contribution in [-0.4, -0.2) is 6.36 Å². The zero-order chi connectivity index (χ0) is 23.1. The third-order valence-corrected chi connectivity index (χ3v) is 6.41. The molecule has 0 bridgehead atoms. The Hall–Kier alpha value is -2.48. The first-order valence-electron chi connectivity index (χ1n) is 11.4. The molecular formula is C27H30F4O. The highest BCUT2D eigenvalue weighted by molar-refractivity contribution is 5.45.